The molecular weight excluding hydrogens is 429 g/mol. The number of nitrogens with one attached hydrogen (secondary N) is 1. The third-order valence-electron chi connectivity index (χ3n) is 5.10. The molecule has 1 fully saturated rings. The van der Waals surface area contributed by atoms with Gasteiger partial charge in [0, 0.05) is 6.54 Å². The van der Waals surface area contributed by atoms with Crippen LogP contribution in [-0.2, 0) is 9.59 Å². The number of nitrogens with zero attached hydrogens (tertiary/aromatic N) is 2. The quantitative estimate of drug-likeness (QED) is 0.680. The van der Waals surface area contributed by atoms with Gasteiger partial charge in [-0.1, -0.05) is 19.1 Å². The van der Waals surface area contributed by atoms with Crippen LogP contribution in [0, 0.1) is 11.7 Å². The van der Waals surface area contributed by atoms with Gasteiger partial charge >= 0.3 is 18.4 Å². The minimum absolute atomic E-state index is 0.0952. The third kappa shape index (κ3) is 5.34. The smallest absolute Gasteiger partial charge is 0.388 e. The van der Waals surface area contributed by atoms with Crippen LogP contribution in [-0.4, -0.2) is 40.8 Å². The van der Waals surface area contributed by atoms with Gasteiger partial charge in [-0.15, -0.1) is 0 Å². The lowest BCUT2D eigenvalue weighted by atomic mass is 9.90. The molecule has 0 spiro atoms. The number of ether oxygens (including phenoxy) is 1. The molecule has 3 N–H and O–H groups in total. The fraction of sp³-hybridized carbons (Fsp3) is 0.333. The number of halogens is 3. The van der Waals surface area contributed by atoms with Crippen LogP contribution < -0.4 is 15.8 Å². The number of carbonyl (C=O) groups excluding carboxylic acids is 3. The van der Waals surface area contributed by atoms with Crippen molar-refractivity contribution in [2.24, 2.45) is 11.7 Å². The Morgan fingerprint density at radius 1 is 1.22 bits per heavy atom. The van der Waals surface area contributed by atoms with Crippen molar-refractivity contribution < 1.29 is 32.3 Å². The summed E-state index contributed by atoms with van der Waals surface area (Å²) in [5, 5.41) is 2.31. The van der Waals surface area contributed by atoms with E-state index in [9.17, 15) is 27.6 Å². The fourth-order valence-electron chi connectivity index (χ4n) is 3.60. The Balaban J connectivity index is 1.80. The van der Waals surface area contributed by atoms with Crippen LogP contribution in [0.1, 0.15) is 41.7 Å². The van der Waals surface area contributed by atoms with Crippen molar-refractivity contribution in [3.05, 3.63) is 53.5 Å². The molecule has 3 rings (SSSR count). The highest BCUT2D eigenvalue weighted by Gasteiger charge is 2.34. The van der Waals surface area contributed by atoms with Gasteiger partial charge in [0.2, 0.25) is 5.88 Å². The van der Waals surface area contributed by atoms with Crippen LogP contribution in [0.2, 0.25) is 0 Å². The van der Waals surface area contributed by atoms with Crippen LogP contribution >= 0.6 is 0 Å². The molecule has 32 heavy (non-hydrogen) atoms. The van der Waals surface area contributed by atoms with Crippen molar-refractivity contribution in [1.82, 2.24) is 9.88 Å². The Morgan fingerprint density at radius 2 is 1.91 bits per heavy atom. The molecule has 2 aromatic rings. The summed E-state index contributed by atoms with van der Waals surface area (Å²) < 4.78 is 42.4. The summed E-state index contributed by atoms with van der Waals surface area (Å²) in [4.78, 5) is 42.1. The molecule has 1 aromatic heterocycles. The van der Waals surface area contributed by atoms with Gasteiger partial charge in [-0.2, -0.15) is 8.78 Å². The van der Waals surface area contributed by atoms with E-state index in [1.54, 1.807) is 12.1 Å². The normalized spacial score (nSPS) is 18.3. The number of hydrogen-bond donors (Lipinski definition) is 2. The molecule has 2 unspecified atom stereocenters. The lowest BCUT2D eigenvalue weighted by molar-refractivity contribution is -0.146. The molecule has 0 bridgehead atoms. The lowest BCUT2D eigenvalue weighted by Crippen LogP contribution is -2.46. The number of carbonyl (C=O) groups is 3. The summed E-state index contributed by atoms with van der Waals surface area (Å²) in [5.74, 6) is -3.90. The number of aromatic nitrogens is 1. The lowest BCUT2D eigenvalue weighted by Gasteiger charge is -2.38. The van der Waals surface area contributed by atoms with Gasteiger partial charge in [0.05, 0.1) is 17.9 Å². The highest BCUT2D eigenvalue weighted by molar-refractivity contribution is 6.39. The fourth-order valence-corrected chi connectivity index (χ4v) is 3.60. The van der Waals surface area contributed by atoms with E-state index < -0.39 is 47.6 Å². The zero-order valence-electron chi connectivity index (χ0n) is 17.1. The van der Waals surface area contributed by atoms with Crippen molar-refractivity contribution in [1.29, 1.82) is 0 Å². The maximum Gasteiger partial charge on any atom is 0.388 e. The van der Waals surface area contributed by atoms with E-state index in [1.807, 2.05) is 6.92 Å². The van der Waals surface area contributed by atoms with Crippen LogP contribution in [0.15, 0.2) is 36.5 Å². The Bertz CT molecular complexity index is 1020. The Labute approximate surface area is 181 Å². The first-order chi connectivity index (χ1) is 15.2. The molecule has 1 aliphatic rings. The second-order valence-electron chi connectivity index (χ2n) is 7.48. The summed E-state index contributed by atoms with van der Waals surface area (Å²) in [5.41, 5.74) is 5.28. The second-order valence-corrected chi connectivity index (χ2v) is 7.48. The first kappa shape index (κ1) is 23.0. The molecule has 0 radical (unpaired) electrons. The molecule has 170 valence electrons. The molecule has 0 saturated carbocycles. The SMILES string of the molecule is CC1CCC(c2ccc(F)cc2)N(C(=O)C(=O)Nc2cnc(OC(F)F)c(C(N)=O)c2)C1. The number of likely N-dealkylation sites (tertiary alicyclic amines) is 1. The number of anilines is 1. The van der Waals surface area contributed by atoms with Crippen molar-refractivity contribution in [2.75, 3.05) is 11.9 Å². The van der Waals surface area contributed by atoms with Gasteiger partial charge in [-0.05, 0) is 42.5 Å². The van der Waals surface area contributed by atoms with Crippen LogP contribution in [0.25, 0.3) is 0 Å². The summed E-state index contributed by atoms with van der Waals surface area (Å²) in [7, 11) is 0. The number of hydrogen-bond acceptors (Lipinski definition) is 5. The number of nitrogens with two attached hydrogens (primary N) is 1. The number of benzene rings is 1. The first-order valence-corrected chi connectivity index (χ1v) is 9.77. The number of alkyl halides is 2. The summed E-state index contributed by atoms with van der Waals surface area (Å²) in [6, 6.07) is 6.30. The van der Waals surface area contributed by atoms with Crippen LogP contribution in [0.4, 0.5) is 18.9 Å². The molecular formula is C21H21F3N4O4. The minimum Gasteiger partial charge on any atom is -0.416 e. The second kappa shape index (κ2) is 9.67. The predicted octanol–water partition coefficient (Wildman–Crippen LogP) is 2.86. The van der Waals surface area contributed by atoms with Crippen LogP contribution in [0.5, 0.6) is 5.88 Å². The van der Waals surface area contributed by atoms with E-state index in [4.69, 9.17) is 5.73 Å². The monoisotopic (exact) mass is 450 g/mol. The van der Waals surface area contributed by atoms with Gasteiger partial charge in [-0.3, -0.25) is 14.4 Å². The average Bonchev–Trinajstić information content (AvgIpc) is 2.74. The number of piperidine rings is 1. The predicted molar refractivity (Wildman–Crippen MR) is 107 cm³/mol. The van der Waals surface area contributed by atoms with Crippen LogP contribution in [0.3, 0.4) is 0 Å². The standard InChI is InChI=1S/C21H21F3N4O4/c1-11-2-7-16(12-3-5-13(22)6-4-12)28(10-11)20(31)18(30)27-14-8-15(17(25)29)19(26-9-14)32-21(23)24/h3-6,8-9,11,16,21H,2,7,10H2,1H3,(H2,25,29)(H,27,30). The number of primary amides is 1. The zero-order chi connectivity index (χ0) is 23.4. The number of amides is 3. The van der Waals surface area contributed by atoms with E-state index in [1.165, 1.54) is 17.0 Å². The molecule has 8 nitrogen and oxygen atoms in total. The molecule has 2 heterocycles. The van der Waals surface area contributed by atoms with Crippen molar-refractivity contribution >= 4 is 23.4 Å². The van der Waals surface area contributed by atoms with E-state index in [2.05, 4.69) is 15.0 Å². The molecule has 11 heteroatoms. The topological polar surface area (TPSA) is 115 Å². The average molecular weight is 450 g/mol. The molecule has 3 amide bonds. The zero-order valence-corrected chi connectivity index (χ0v) is 17.1. The van der Waals surface area contributed by atoms with Gasteiger partial charge in [0.1, 0.15) is 11.4 Å². The van der Waals surface area contributed by atoms with Gasteiger partial charge in [0.15, 0.2) is 0 Å². The van der Waals surface area contributed by atoms with Crippen molar-refractivity contribution in [2.45, 2.75) is 32.4 Å². The Kier molecular flexibility index (Phi) is 6.96. The molecule has 1 saturated heterocycles. The van der Waals surface area contributed by atoms with Gasteiger partial charge in [-0.25, -0.2) is 9.37 Å². The summed E-state index contributed by atoms with van der Waals surface area (Å²) in [6.45, 7) is -0.962. The van der Waals surface area contributed by atoms with E-state index in [0.29, 0.717) is 18.5 Å². The maximum atomic E-state index is 13.3. The molecule has 1 aliphatic heterocycles. The molecule has 0 aliphatic carbocycles. The van der Waals surface area contributed by atoms with Crippen molar-refractivity contribution in [3.63, 3.8) is 0 Å². The van der Waals surface area contributed by atoms with Crippen molar-refractivity contribution in [3.8, 4) is 5.88 Å². The van der Waals surface area contributed by atoms with Gasteiger partial charge in [0.25, 0.3) is 5.91 Å². The third-order valence-corrected chi connectivity index (χ3v) is 5.10. The molecule has 2 atom stereocenters. The van der Waals surface area contributed by atoms with Gasteiger partial charge < -0.3 is 20.7 Å². The van der Waals surface area contributed by atoms with E-state index in [-0.39, 0.29) is 11.6 Å². The highest BCUT2D eigenvalue weighted by atomic mass is 19.3. The number of pyridine rings is 1. The Hall–Kier alpha value is -3.63. The van der Waals surface area contributed by atoms with E-state index in [0.717, 1.165) is 18.7 Å². The summed E-state index contributed by atoms with van der Waals surface area (Å²) in [6.07, 6.45) is 2.38. The number of rotatable bonds is 5. The largest absolute Gasteiger partial charge is 0.416 e. The Morgan fingerprint density at radius 3 is 2.53 bits per heavy atom. The maximum absolute atomic E-state index is 13.3. The van der Waals surface area contributed by atoms with E-state index >= 15 is 0 Å². The summed E-state index contributed by atoms with van der Waals surface area (Å²) >= 11 is 0. The minimum atomic E-state index is -3.23. The highest BCUT2D eigenvalue weighted by Crippen LogP contribution is 2.33. The first-order valence-electron chi connectivity index (χ1n) is 9.77. The molecule has 1 aromatic carbocycles.